The van der Waals surface area contributed by atoms with E-state index >= 15 is 0 Å². The molecule has 0 aliphatic rings. The standard InChI is InChI=1S/C13H20N2O2.ClH/c1-17-10-4-9-15-13(16)8-7-11-5-2-3-6-12(11)14;/h2-3,5-6H,4,7-10,14H2,1H3,(H,15,16);1H. The van der Waals surface area contributed by atoms with Crippen LogP contribution >= 0.6 is 12.4 Å². The van der Waals surface area contributed by atoms with E-state index in [1.54, 1.807) is 7.11 Å². The summed E-state index contributed by atoms with van der Waals surface area (Å²) in [5.74, 6) is 0.0596. The van der Waals surface area contributed by atoms with Crippen LogP contribution < -0.4 is 11.1 Å². The summed E-state index contributed by atoms with van der Waals surface area (Å²) in [4.78, 5) is 11.5. The van der Waals surface area contributed by atoms with E-state index in [1.807, 2.05) is 24.3 Å². The fourth-order valence-electron chi connectivity index (χ4n) is 1.54. The zero-order valence-corrected chi connectivity index (χ0v) is 11.5. The quantitative estimate of drug-likeness (QED) is 0.587. The van der Waals surface area contributed by atoms with Gasteiger partial charge < -0.3 is 15.8 Å². The highest BCUT2D eigenvalue weighted by molar-refractivity contribution is 5.85. The number of methoxy groups -OCH3 is 1. The maximum absolute atomic E-state index is 11.5. The first-order chi connectivity index (χ1) is 8.24. The van der Waals surface area contributed by atoms with Crippen molar-refractivity contribution in [3.05, 3.63) is 29.8 Å². The Morgan fingerprint density at radius 2 is 2.11 bits per heavy atom. The Labute approximate surface area is 114 Å². The van der Waals surface area contributed by atoms with Gasteiger partial charge in [-0.05, 0) is 24.5 Å². The number of rotatable bonds is 7. The molecule has 0 saturated carbocycles. The van der Waals surface area contributed by atoms with E-state index < -0.39 is 0 Å². The van der Waals surface area contributed by atoms with Crippen LogP contribution in [0.15, 0.2) is 24.3 Å². The maximum atomic E-state index is 11.5. The number of anilines is 1. The zero-order chi connectivity index (χ0) is 12.5. The first-order valence-corrected chi connectivity index (χ1v) is 5.83. The summed E-state index contributed by atoms with van der Waals surface area (Å²) in [5.41, 5.74) is 7.58. The second-order valence-electron chi connectivity index (χ2n) is 3.90. The van der Waals surface area contributed by atoms with Gasteiger partial charge in [0.25, 0.3) is 0 Å². The molecule has 0 aliphatic carbocycles. The van der Waals surface area contributed by atoms with E-state index in [9.17, 15) is 4.79 Å². The van der Waals surface area contributed by atoms with Gasteiger partial charge in [-0.25, -0.2) is 0 Å². The predicted octanol–water partition coefficient (Wildman–Crippen LogP) is 1.78. The van der Waals surface area contributed by atoms with E-state index in [0.29, 0.717) is 26.0 Å². The predicted molar refractivity (Wildman–Crippen MR) is 75.9 cm³/mol. The molecule has 0 radical (unpaired) electrons. The van der Waals surface area contributed by atoms with E-state index in [4.69, 9.17) is 10.5 Å². The van der Waals surface area contributed by atoms with Crippen molar-refractivity contribution >= 4 is 24.0 Å². The zero-order valence-electron chi connectivity index (χ0n) is 10.6. The van der Waals surface area contributed by atoms with Crippen LogP contribution in [-0.4, -0.2) is 26.2 Å². The third-order valence-corrected chi connectivity index (χ3v) is 2.52. The Kier molecular flexibility index (Phi) is 9.06. The van der Waals surface area contributed by atoms with E-state index in [-0.39, 0.29) is 18.3 Å². The lowest BCUT2D eigenvalue weighted by atomic mass is 10.1. The number of hydrogen-bond acceptors (Lipinski definition) is 3. The largest absolute Gasteiger partial charge is 0.399 e. The number of carbonyl (C=O) groups is 1. The monoisotopic (exact) mass is 272 g/mol. The van der Waals surface area contributed by atoms with Gasteiger partial charge in [-0.2, -0.15) is 0 Å². The molecule has 0 aliphatic heterocycles. The molecule has 0 unspecified atom stereocenters. The number of nitrogen functional groups attached to an aromatic ring is 1. The molecule has 0 atom stereocenters. The van der Waals surface area contributed by atoms with Gasteiger partial charge in [-0.1, -0.05) is 18.2 Å². The van der Waals surface area contributed by atoms with Crippen LogP contribution in [0, 0.1) is 0 Å². The number of carbonyl (C=O) groups excluding carboxylic acids is 1. The van der Waals surface area contributed by atoms with Gasteiger partial charge in [0.05, 0.1) is 0 Å². The second kappa shape index (κ2) is 9.74. The van der Waals surface area contributed by atoms with Crippen molar-refractivity contribution in [2.75, 3.05) is 26.0 Å². The normalized spacial score (nSPS) is 9.61. The molecule has 0 saturated heterocycles. The molecule has 4 nitrogen and oxygen atoms in total. The van der Waals surface area contributed by atoms with Crippen LogP contribution in [0.1, 0.15) is 18.4 Å². The lowest BCUT2D eigenvalue weighted by Crippen LogP contribution is -2.25. The Morgan fingerprint density at radius 1 is 1.39 bits per heavy atom. The molecule has 0 aromatic heterocycles. The molecule has 0 heterocycles. The summed E-state index contributed by atoms with van der Waals surface area (Å²) >= 11 is 0. The second-order valence-corrected chi connectivity index (χ2v) is 3.90. The number of amides is 1. The molecule has 0 spiro atoms. The van der Waals surface area contributed by atoms with Gasteiger partial charge in [0.1, 0.15) is 0 Å². The van der Waals surface area contributed by atoms with Crippen molar-refractivity contribution in [1.82, 2.24) is 5.32 Å². The van der Waals surface area contributed by atoms with Crippen LogP contribution in [0.2, 0.25) is 0 Å². The number of nitrogens with one attached hydrogen (secondary N) is 1. The first kappa shape index (κ1) is 16.7. The van der Waals surface area contributed by atoms with Crippen molar-refractivity contribution in [2.24, 2.45) is 0 Å². The minimum atomic E-state index is 0. The molecule has 3 N–H and O–H groups in total. The lowest BCUT2D eigenvalue weighted by molar-refractivity contribution is -0.121. The summed E-state index contributed by atoms with van der Waals surface area (Å²) in [6.45, 7) is 1.34. The minimum absolute atomic E-state index is 0. The number of benzene rings is 1. The van der Waals surface area contributed by atoms with Gasteiger partial charge >= 0.3 is 0 Å². The molecule has 1 aromatic carbocycles. The van der Waals surface area contributed by atoms with E-state index in [0.717, 1.165) is 17.7 Å². The Bertz CT molecular complexity index is 359. The highest BCUT2D eigenvalue weighted by atomic mass is 35.5. The lowest BCUT2D eigenvalue weighted by Gasteiger charge is -2.06. The van der Waals surface area contributed by atoms with Gasteiger partial charge in [0, 0.05) is 32.4 Å². The van der Waals surface area contributed by atoms with Crippen LogP contribution in [0.3, 0.4) is 0 Å². The van der Waals surface area contributed by atoms with Crippen molar-refractivity contribution in [2.45, 2.75) is 19.3 Å². The van der Waals surface area contributed by atoms with E-state index in [1.165, 1.54) is 0 Å². The SMILES string of the molecule is COCCCNC(=O)CCc1ccccc1N.Cl. The number of hydrogen-bond donors (Lipinski definition) is 2. The summed E-state index contributed by atoms with van der Waals surface area (Å²) < 4.78 is 4.90. The van der Waals surface area contributed by atoms with E-state index in [2.05, 4.69) is 5.32 Å². The molecule has 1 aromatic rings. The average Bonchev–Trinajstić information content (AvgIpc) is 2.34. The van der Waals surface area contributed by atoms with Gasteiger partial charge in [-0.15, -0.1) is 12.4 Å². The Balaban J connectivity index is 0.00000289. The molecule has 1 rings (SSSR count). The summed E-state index contributed by atoms with van der Waals surface area (Å²) in [7, 11) is 1.65. The smallest absolute Gasteiger partial charge is 0.220 e. The molecule has 102 valence electrons. The van der Waals surface area contributed by atoms with Crippen molar-refractivity contribution in [1.29, 1.82) is 0 Å². The average molecular weight is 273 g/mol. The fourth-order valence-corrected chi connectivity index (χ4v) is 1.54. The molecular formula is C13H21ClN2O2. The highest BCUT2D eigenvalue weighted by Crippen LogP contribution is 2.12. The van der Waals surface area contributed by atoms with Crippen molar-refractivity contribution in [3.8, 4) is 0 Å². The van der Waals surface area contributed by atoms with Crippen LogP contribution in [0.5, 0.6) is 0 Å². The molecule has 18 heavy (non-hydrogen) atoms. The molecule has 5 heteroatoms. The van der Waals surface area contributed by atoms with Crippen LogP contribution in [0.4, 0.5) is 5.69 Å². The van der Waals surface area contributed by atoms with Gasteiger partial charge in [-0.3, -0.25) is 4.79 Å². The summed E-state index contributed by atoms with van der Waals surface area (Å²) in [6.07, 6.45) is 2.00. The molecule has 0 fully saturated rings. The molecule has 1 amide bonds. The molecule has 0 bridgehead atoms. The van der Waals surface area contributed by atoms with Crippen molar-refractivity contribution < 1.29 is 9.53 Å². The number of nitrogens with two attached hydrogens (primary N) is 1. The number of para-hydroxylation sites is 1. The summed E-state index contributed by atoms with van der Waals surface area (Å²) in [5, 5.41) is 2.85. The van der Waals surface area contributed by atoms with Crippen LogP contribution in [-0.2, 0) is 16.0 Å². The first-order valence-electron chi connectivity index (χ1n) is 5.83. The fraction of sp³-hybridized carbons (Fsp3) is 0.462. The summed E-state index contributed by atoms with van der Waals surface area (Å²) in [6, 6.07) is 7.63. The Hall–Kier alpha value is -1.26. The van der Waals surface area contributed by atoms with Gasteiger partial charge in [0.2, 0.25) is 5.91 Å². The molecular weight excluding hydrogens is 252 g/mol. The Morgan fingerprint density at radius 3 is 2.78 bits per heavy atom. The van der Waals surface area contributed by atoms with Gasteiger partial charge in [0.15, 0.2) is 0 Å². The number of ether oxygens (including phenoxy) is 1. The third kappa shape index (κ3) is 6.47. The van der Waals surface area contributed by atoms with Crippen molar-refractivity contribution in [3.63, 3.8) is 0 Å². The number of aryl methyl sites for hydroxylation is 1. The van der Waals surface area contributed by atoms with Crippen LogP contribution in [0.25, 0.3) is 0 Å². The number of halogens is 1. The third-order valence-electron chi connectivity index (χ3n) is 2.52. The highest BCUT2D eigenvalue weighted by Gasteiger charge is 2.03. The topological polar surface area (TPSA) is 64.3 Å². The maximum Gasteiger partial charge on any atom is 0.220 e. The minimum Gasteiger partial charge on any atom is -0.399 e.